The molecule has 0 aromatic rings. The van der Waals surface area contributed by atoms with Crippen molar-refractivity contribution in [3.63, 3.8) is 0 Å². The topological polar surface area (TPSA) is 92.5 Å². The van der Waals surface area contributed by atoms with E-state index in [4.69, 9.17) is 5.73 Å². The van der Waals surface area contributed by atoms with Gasteiger partial charge >= 0.3 is 0 Å². The van der Waals surface area contributed by atoms with Crippen LogP contribution in [0, 0.1) is 0 Å². The Labute approximate surface area is 121 Å². The van der Waals surface area contributed by atoms with Gasteiger partial charge < -0.3 is 11.1 Å². The van der Waals surface area contributed by atoms with Crippen molar-refractivity contribution in [3.05, 3.63) is 0 Å². The van der Waals surface area contributed by atoms with Crippen LogP contribution in [-0.2, 0) is 14.6 Å². The van der Waals surface area contributed by atoms with E-state index < -0.39 is 15.4 Å². The minimum Gasteiger partial charge on any atom is -0.368 e. The lowest BCUT2D eigenvalue weighted by Crippen LogP contribution is -2.58. The maximum atomic E-state index is 11.8. The van der Waals surface area contributed by atoms with Crippen LogP contribution in [0.2, 0.25) is 0 Å². The van der Waals surface area contributed by atoms with Gasteiger partial charge in [-0.05, 0) is 33.1 Å². The number of amides is 1. The van der Waals surface area contributed by atoms with Crippen LogP contribution in [0.5, 0.6) is 0 Å². The second-order valence-electron chi connectivity index (χ2n) is 6.36. The van der Waals surface area contributed by atoms with E-state index in [-0.39, 0.29) is 23.5 Å². The summed E-state index contributed by atoms with van der Waals surface area (Å²) in [4.78, 5) is 13.9. The van der Waals surface area contributed by atoms with Crippen LogP contribution in [0.1, 0.15) is 33.1 Å². The number of nitrogens with one attached hydrogen (secondary N) is 1. The Morgan fingerprint density at radius 3 is 2.40 bits per heavy atom. The highest BCUT2D eigenvalue weighted by molar-refractivity contribution is 7.91. The Kier molecular flexibility index (Phi) is 4.41. The molecule has 0 radical (unpaired) electrons. The molecule has 0 bridgehead atoms. The fraction of sp³-hybridized carbons (Fsp3) is 0.923. The third kappa shape index (κ3) is 3.93. The first-order chi connectivity index (χ1) is 9.22. The molecule has 0 aromatic heterocycles. The van der Waals surface area contributed by atoms with E-state index in [1.54, 1.807) is 0 Å². The zero-order valence-corrected chi connectivity index (χ0v) is 13.1. The van der Waals surface area contributed by atoms with Crippen LogP contribution in [0.3, 0.4) is 0 Å². The maximum Gasteiger partial charge on any atom is 0.237 e. The molecule has 0 aromatic carbocycles. The highest BCUT2D eigenvalue weighted by atomic mass is 32.2. The number of sulfone groups is 1. The van der Waals surface area contributed by atoms with Gasteiger partial charge in [0.2, 0.25) is 5.91 Å². The van der Waals surface area contributed by atoms with Crippen LogP contribution in [0.25, 0.3) is 0 Å². The van der Waals surface area contributed by atoms with Gasteiger partial charge in [0.15, 0.2) is 9.84 Å². The van der Waals surface area contributed by atoms with Crippen LogP contribution in [-0.4, -0.2) is 61.4 Å². The summed E-state index contributed by atoms with van der Waals surface area (Å²) in [7, 11) is -2.87. The summed E-state index contributed by atoms with van der Waals surface area (Å²) >= 11 is 0. The summed E-state index contributed by atoms with van der Waals surface area (Å²) < 4.78 is 22.9. The molecule has 0 spiro atoms. The molecular weight excluding hydrogens is 278 g/mol. The molecule has 2 unspecified atom stereocenters. The quantitative estimate of drug-likeness (QED) is 0.689. The van der Waals surface area contributed by atoms with Crippen LogP contribution in [0.15, 0.2) is 0 Å². The van der Waals surface area contributed by atoms with E-state index in [1.165, 1.54) is 0 Å². The molecule has 2 fully saturated rings. The monoisotopic (exact) mass is 303 g/mol. The Hall–Kier alpha value is -0.660. The number of carbonyl (C=O) groups is 1. The van der Waals surface area contributed by atoms with E-state index in [2.05, 4.69) is 10.2 Å². The van der Waals surface area contributed by atoms with E-state index in [0.29, 0.717) is 25.6 Å². The Morgan fingerprint density at radius 2 is 1.95 bits per heavy atom. The molecule has 20 heavy (non-hydrogen) atoms. The van der Waals surface area contributed by atoms with Crippen molar-refractivity contribution in [1.29, 1.82) is 0 Å². The number of nitrogens with zero attached hydrogens (tertiary/aromatic N) is 1. The Bertz CT molecular complexity index is 461. The maximum absolute atomic E-state index is 11.8. The predicted octanol–water partition coefficient (Wildman–Crippen LogP) is -0.509. The largest absolute Gasteiger partial charge is 0.368 e. The first-order valence-corrected chi connectivity index (χ1v) is 9.06. The minimum absolute atomic E-state index is 0.134. The summed E-state index contributed by atoms with van der Waals surface area (Å²) in [5.74, 6) is 0.0855. The number of hydrogen-bond acceptors (Lipinski definition) is 5. The summed E-state index contributed by atoms with van der Waals surface area (Å²) in [6.07, 6.45) is 2.80. The summed E-state index contributed by atoms with van der Waals surface area (Å²) in [5.41, 5.74) is 4.84. The molecule has 116 valence electrons. The molecule has 1 saturated heterocycles. The first-order valence-electron chi connectivity index (χ1n) is 7.24. The molecule has 6 nitrogen and oxygen atoms in total. The van der Waals surface area contributed by atoms with Crippen LogP contribution >= 0.6 is 0 Å². The van der Waals surface area contributed by atoms with Gasteiger partial charge in [-0.2, -0.15) is 0 Å². The van der Waals surface area contributed by atoms with Crippen molar-refractivity contribution in [2.24, 2.45) is 5.73 Å². The number of nitrogens with two attached hydrogens (primary N) is 1. The number of primary amides is 1. The molecule has 1 heterocycles. The van der Waals surface area contributed by atoms with E-state index >= 15 is 0 Å². The SMILES string of the molecule is CC(CC(C)(NC1CC1)C(N)=O)N1CCS(=O)(=O)CC1. The number of hydrogen-bond donors (Lipinski definition) is 2. The van der Waals surface area contributed by atoms with E-state index in [1.807, 2.05) is 13.8 Å². The van der Waals surface area contributed by atoms with Gasteiger partial charge in [0, 0.05) is 25.2 Å². The summed E-state index contributed by atoms with van der Waals surface area (Å²) in [6.45, 7) is 4.97. The molecule has 7 heteroatoms. The van der Waals surface area contributed by atoms with Crippen molar-refractivity contribution in [1.82, 2.24) is 10.2 Å². The van der Waals surface area contributed by atoms with E-state index in [9.17, 15) is 13.2 Å². The van der Waals surface area contributed by atoms with Gasteiger partial charge in [0.1, 0.15) is 0 Å². The third-order valence-corrected chi connectivity index (χ3v) is 5.96. The summed E-state index contributed by atoms with van der Waals surface area (Å²) in [6, 6.07) is 0.538. The lowest BCUT2D eigenvalue weighted by molar-refractivity contribution is -0.124. The van der Waals surface area contributed by atoms with Crippen molar-refractivity contribution < 1.29 is 13.2 Å². The zero-order valence-electron chi connectivity index (χ0n) is 12.3. The van der Waals surface area contributed by atoms with Gasteiger partial charge in [-0.1, -0.05) is 0 Å². The predicted molar refractivity (Wildman–Crippen MR) is 78.1 cm³/mol. The average molecular weight is 303 g/mol. The summed E-state index contributed by atoms with van der Waals surface area (Å²) in [5, 5.41) is 3.33. The molecule has 2 atom stereocenters. The van der Waals surface area contributed by atoms with E-state index in [0.717, 1.165) is 12.8 Å². The molecule has 1 saturated carbocycles. The van der Waals surface area contributed by atoms with Gasteiger partial charge in [-0.3, -0.25) is 9.69 Å². The Balaban J connectivity index is 1.94. The normalized spacial score (nSPS) is 27.7. The standard InChI is InChI=1S/C13H25N3O3S/c1-10(16-5-7-20(18,19)8-6-16)9-13(2,12(14)17)15-11-3-4-11/h10-11,15H,3-9H2,1-2H3,(H2,14,17). The Morgan fingerprint density at radius 1 is 1.40 bits per heavy atom. The number of carbonyl (C=O) groups excluding carboxylic acids is 1. The van der Waals surface area contributed by atoms with Crippen molar-refractivity contribution >= 4 is 15.7 Å². The number of rotatable bonds is 6. The second-order valence-corrected chi connectivity index (χ2v) is 8.66. The average Bonchev–Trinajstić information content (AvgIpc) is 3.12. The van der Waals surface area contributed by atoms with Crippen LogP contribution < -0.4 is 11.1 Å². The molecular formula is C13H25N3O3S. The fourth-order valence-electron chi connectivity index (χ4n) is 2.80. The molecule has 3 N–H and O–H groups in total. The van der Waals surface area contributed by atoms with Crippen molar-refractivity contribution in [3.8, 4) is 0 Å². The molecule has 2 rings (SSSR count). The van der Waals surface area contributed by atoms with Gasteiger partial charge in [0.25, 0.3) is 0 Å². The molecule has 1 aliphatic carbocycles. The van der Waals surface area contributed by atoms with Crippen molar-refractivity contribution in [2.45, 2.75) is 50.7 Å². The smallest absolute Gasteiger partial charge is 0.237 e. The second kappa shape index (κ2) is 5.61. The van der Waals surface area contributed by atoms with Crippen LogP contribution in [0.4, 0.5) is 0 Å². The lowest BCUT2D eigenvalue weighted by atomic mass is 9.91. The van der Waals surface area contributed by atoms with Crippen molar-refractivity contribution in [2.75, 3.05) is 24.6 Å². The zero-order chi connectivity index (χ0) is 15.0. The highest BCUT2D eigenvalue weighted by Gasteiger charge is 2.39. The third-order valence-electron chi connectivity index (χ3n) is 4.35. The van der Waals surface area contributed by atoms with Gasteiger partial charge in [0.05, 0.1) is 17.0 Å². The fourth-order valence-corrected chi connectivity index (χ4v) is 4.03. The first kappa shape index (κ1) is 15.7. The molecule has 1 aliphatic heterocycles. The molecule has 1 amide bonds. The minimum atomic E-state index is -2.87. The van der Waals surface area contributed by atoms with Gasteiger partial charge in [-0.15, -0.1) is 0 Å². The molecule has 2 aliphatic rings. The van der Waals surface area contributed by atoms with Gasteiger partial charge in [-0.25, -0.2) is 8.42 Å². The highest BCUT2D eigenvalue weighted by Crippen LogP contribution is 2.26. The lowest BCUT2D eigenvalue weighted by Gasteiger charge is -2.37.